The summed E-state index contributed by atoms with van der Waals surface area (Å²) in [6, 6.07) is 0. The first-order valence-electron chi connectivity index (χ1n) is 3.60. The Hall–Kier alpha value is -1.11. The van der Waals surface area contributed by atoms with Crippen LogP contribution in [0.5, 0.6) is 0 Å². The Morgan fingerprint density at radius 3 is 2.18 bits per heavy atom. The molecule has 11 heavy (non-hydrogen) atoms. The van der Waals surface area contributed by atoms with Gasteiger partial charge in [0, 0.05) is 0 Å². The van der Waals surface area contributed by atoms with Gasteiger partial charge in [-0.2, -0.15) is 0 Å². The molecular weight excluding hydrogens is 136 g/mol. The third kappa shape index (κ3) is 6.78. The van der Waals surface area contributed by atoms with E-state index in [1.54, 1.807) is 0 Å². The van der Waals surface area contributed by atoms with Crippen molar-refractivity contribution in [3.05, 3.63) is 35.5 Å². The van der Waals surface area contributed by atoms with Gasteiger partial charge < -0.3 is 0 Å². The average Bonchev–Trinajstić information content (AvgIpc) is 1.87. The third-order valence-corrected chi connectivity index (χ3v) is 1.12. The first kappa shape index (κ1) is 9.89. The molecule has 0 bridgehead atoms. The standard InChI is InChI=1S/C10H14O/c1-9(2)5-4-6-10(3)7-8-11/h4-8H,1-3H3. The van der Waals surface area contributed by atoms with Gasteiger partial charge >= 0.3 is 0 Å². The van der Waals surface area contributed by atoms with Gasteiger partial charge in [-0.3, -0.25) is 4.79 Å². The van der Waals surface area contributed by atoms with Gasteiger partial charge in [-0.15, -0.1) is 0 Å². The zero-order valence-corrected chi connectivity index (χ0v) is 7.29. The van der Waals surface area contributed by atoms with E-state index in [0.717, 1.165) is 11.9 Å². The lowest BCUT2D eigenvalue weighted by atomic mass is 10.2. The number of aldehydes is 1. The maximum absolute atomic E-state index is 9.99. The van der Waals surface area contributed by atoms with E-state index in [-0.39, 0.29) is 0 Å². The number of hydrogen-bond acceptors (Lipinski definition) is 1. The van der Waals surface area contributed by atoms with E-state index in [9.17, 15) is 4.79 Å². The summed E-state index contributed by atoms with van der Waals surface area (Å²) in [7, 11) is 0. The minimum Gasteiger partial charge on any atom is -0.299 e. The van der Waals surface area contributed by atoms with Crippen molar-refractivity contribution in [2.24, 2.45) is 0 Å². The Morgan fingerprint density at radius 2 is 1.73 bits per heavy atom. The van der Waals surface area contributed by atoms with Crippen LogP contribution in [0.3, 0.4) is 0 Å². The van der Waals surface area contributed by atoms with E-state index in [1.807, 2.05) is 39.0 Å². The summed E-state index contributed by atoms with van der Waals surface area (Å²) in [5, 5.41) is 0. The highest BCUT2D eigenvalue weighted by molar-refractivity contribution is 5.66. The number of rotatable bonds is 3. The fourth-order valence-electron chi connectivity index (χ4n) is 0.555. The highest BCUT2D eigenvalue weighted by Crippen LogP contribution is 1.95. The number of allylic oxidation sites excluding steroid dienone is 6. The molecule has 1 nitrogen and oxygen atoms in total. The summed E-state index contributed by atoms with van der Waals surface area (Å²) in [5.41, 5.74) is 2.22. The lowest BCUT2D eigenvalue weighted by Gasteiger charge is -1.85. The molecule has 0 heterocycles. The molecule has 0 atom stereocenters. The number of carbonyl (C=O) groups excluding carboxylic acids is 1. The van der Waals surface area contributed by atoms with Crippen molar-refractivity contribution in [2.45, 2.75) is 20.8 Å². The number of carbonyl (C=O) groups is 1. The predicted molar refractivity (Wildman–Crippen MR) is 48.4 cm³/mol. The molecular formula is C10H14O. The van der Waals surface area contributed by atoms with Crippen molar-refractivity contribution in [2.75, 3.05) is 0 Å². The maximum Gasteiger partial charge on any atom is 0.143 e. The van der Waals surface area contributed by atoms with Crippen LogP contribution in [-0.2, 0) is 4.79 Å². The Morgan fingerprint density at radius 1 is 1.09 bits per heavy atom. The molecule has 0 N–H and O–H groups in total. The summed E-state index contributed by atoms with van der Waals surface area (Å²) >= 11 is 0. The van der Waals surface area contributed by atoms with E-state index in [2.05, 4.69) is 0 Å². The van der Waals surface area contributed by atoms with Crippen molar-refractivity contribution >= 4 is 6.29 Å². The molecule has 1 heteroatoms. The molecule has 0 saturated heterocycles. The van der Waals surface area contributed by atoms with Gasteiger partial charge in [-0.1, -0.05) is 23.8 Å². The van der Waals surface area contributed by atoms with Crippen LogP contribution in [0.25, 0.3) is 0 Å². The van der Waals surface area contributed by atoms with E-state index in [0.29, 0.717) is 0 Å². The average molecular weight is 150 g/mol. The molecule has 0 aromatic rings. The van der Waals surface area contributed by atoms with Crippen LogP contribution in [0, 0.1) is 0 Å². The minimum absolute atomic E-state index is 0.794. The lowest BCUT2D eigenvalue weighted by molar-refractivity contribution is -0.104. The Balaban J connectivity index is 4.03. The summed E-state index contributed by atoms with van der Waals surface area (Å²) < 4.78 is 0. The maximum atomic E-state index is 9.99. The molecule has 0 aliphatic carbocycles. The summed E-state index contributed by atoms with van der Waals surface area (Å²) in [4.78, 5) is 9.99. The molecule has 0 amide bonds. The van der Waals surface area contributed by atoms with Gasteiger partial charge in [-0.05, 0) is 32.4 Å². The molecule has 0 saturated carbocycles. The van der Waals surface area contributed by atoms with Crippen LogP contribution in [0.4, 0.5) is 0 Å². The van der Waals surface area contributed by atoms with Crippen LogP contribution >= 0.6 is 0 Å². The van der Waals surface area contributed by atoms with E-state index >= 15 is 0 Å². The monoisotopic (exact) mass is 150 g/mol. The Bertz CT molecular complexity index is 203. The van der Waals surface area contributed by atoms with Gasteiger partial charge in [0.15, 0.2) is 0 Å². The zero-order chi connectivity index (χ0) is 8.69. The van der Waals surface area contributed by atoms with Crippen molar-refractivity contribution in [1.82, 2.24) is 0 Å². The van der Waals surface area contributed by atoms with Gasteiger partial charge in [0.25, 0.3) is 0 Å². The SMILES string of the molecule is CC(C)=CC=CC(C)=CC=O. The first-order valence-corrected chi connectivity index (χ1v) is 3.60. The summed E-state index contributed by atoms with van der Waals surface area (Å²) in [5.74, 6) is 0. The first-order chi connectivity index (χ1) is 5.16. The third-order valence-electron chi connectivity index (χ3n) is 1.12. The van der Waals surface area contributed by atoms with Crippen LogP contribution in [0.1, 0.15) is 20.8 Å². The van der Waals surface area contributed by atoms with E-state index < -0.39 is 0 Å². The van der Waals surface area contributed by atoms with Crippen LogP contribution in [0.2, 0.25) is 0 Å². The van der Waals surface area contributed by atoms with E-state index in [4.69, 9.17) is 0 Å². The van der Waals surface area contributed by atoms with Crippen LogP contribution in [-0.4, -0.2) is 6.29 Å². The van der Waals surface area contributed by atoms with Gasteiger partial charge in [-0.25, -0.2) is 0 Å². The molecule has 0 aliphatic heterocycles. The Labute approximate surface area is 68.1 Å². The van der Waals surface area contributed by atoms with E-state index in [1.165, 1.54) is 11.6 Å². The predicted octanol–water partition coefficient (Wildman–Crippen LogP) is 2.65. The molecule has 0 aromatic carbocycles. The lowest BCUT2D eigenvalue weighted by Crippen LogP contribution is -1.68. The largest absolute Gasteiger partial charge is 0.299 e. The second kappa shape index (κ2) is 5.66. The van der Waals surface area contributed by atoms with Gasteiger partial charge in [0.05, 0.1) is 0 Å². The zero-order valence-electron chi connectivity index (χ0n) is 7.29. The van der Waals surface area contributed by atoms with Gasteiger partial charge in [0.1, 0.15) is 6.29 Å². The topological polar surface area (TPSA) is 17.1 Å². The molecule has 60 valence electrons. The van der Waals surface area contributed by atoms with Crippen molar-refractivity contribution in [3.63, 3.8) is 0 Å². The highest BCUT2D eigenvalue weighted by Gasteiger charge is 1.77. The second-order valence-electron chi connectivity index (χ2n) is 2.65. The summed E-state index contributed by atoms with van der Waals surface area (Å²) in [6.45, 7) is 5.95. The Kier molecular flexibility index (Phi) is 5.09. The molecule has 0 spiro atoms. The van der Waals surface area contributed by atoms with Crippen molar-refractivity contribution < 1.29 is 4.79 Å². The van der Waals surface area contributed by atoms with Crippen LogP contribution < -0.4 is 0 Å². The van der Waals surface area contributed by atoms with Crippen molar-refractivity contribution in [3.8, 4) is 0 Å². The molecule has 0 aliphatic rings. The fraction of sp³-hybridized carbons (Fsp3) is 0.300. The molecule has 0 rings (SSSR count). The highest BCUT2D eigenvalue weighted by atomic mass is 16.1. The smallest absolute Gasteiger partial charge is 0.143 e. The van der Waals surface area contributed by atoms with Crippen LogP contribution in [0.15, 0.2) is 35.5 Å². The quantitative estimate of drug-likeness (QED) is 0.343. The molecule has 0 radical (unpaired) electrons. The molecule has 0 aromatic heterocycles. The minimum atomic E-state index is 0.794. The summed E-state index contributed by atoms with van der Waals surface area (Å²) in [6.07, 6.45) is 8.17. The number of hydrogen-bond donors (Lipinski definition) is 0. The van der Waals surface area contributed by atoms with Gasteiger partial charge in [0.2, 0.25) is 0 Å². The normalized spacial score (nSPS) is 11.7. The fourth-order valence-corrected chi connectivity index (χ4v) is 0.555. The molecule has 0 unspecified atom stereocenters. The second-order valence-corrected chi connectivity index (χ2v) is 2.65. The molecule has 0 fully saturated rings. The van der Waals surface area contributed by atoms with Crippen molar-refractivity contribution in [1.29, 1.82) is 0 Å².